The minimum absolute atomic E-state index is 0.340. The highest BCUT2D eigenvalue weighted by Gasteiger charge is 2.09. The fraction of sp³-hybridized carbons (Fsp3) is 0.100. The fourth-order valence-electron chi connectivity index (χ4n) is 2.84. The fourth-order valence-corrected chi connectivity index (χ4v) is 2.84. The van der Waals surface area contributed by atoms with Gasteiger partial charge in [0, 0.05) is 36.0 Å². The molecule has 0 spiro atoms. The van der Waals surface area contributed by atoms with Crippen LogP contribution in [0.15, 0.2) is 67.1 Å². The molecule has 26 heavy (non-hydrogen) atoms. The molecule has 0 amide bonds. The minimum atomic E-state index is -0.970. The van der Waals surface area contributed by atoms with E-state index in [0.717, 1.165) is 21.9 Å². The number of fused-ring (bicyclic) bond motifs is 1. The maximum absolute atomic E-state index is 13.0. The molecule has 0 radical (unpaired) electrons. The van der Waals surface area contributed by atoms with Crippen LogP contribution in [-0.4, -0.2) is 19.9 Å². The standard InChI is InChI=1S/C20H17FN4O/c1-25-12-17(11-23-25)14-2-3-15-10-22-19(9-16(15)8-14)24-20(26)13-4-6-18(21)7-5-13/h2-12,20,26H,1H3,(H,22,24). The number of anilines is 1. The Labute approximate surface area is 149 Å². The second-order valence-electron chi connectivity index (χ2n) is 6.13. The summed E-state index contributed by atoms with van der Waals surface area (Å²) in [5, 5.41) is 19.4. The van der Waals surface area contributed by atoms with E-state index in [1.165, 1.54) is 24.3 Å². The molecule has 1 unspecified atom stereocenters. The number of benzene rings is 2. The van der Waals surface area contributed by atoms with Crippen LogP contribution in [0, 0.1) is 5.82 Å². The number of rotatable bonds is 4. The van der Waals surface area contributed by atoms with Gasteiger partial charge < -0.3 is 10.4 Å². The number of hydrogen-bond acceptors (Lipinski definition) is 4. The molecular weight excluding hydrogens is 331 g/mol. The molecule has 0 saturated carbocycles. The van der Waals surface area contributed by atoms with Crippen LogP contribution >= 0.6 is 0 Å². The first kappa shape index (κ1) is 16.2. The summed E-state index contributed by atoms with van der Waals surface area (Å²) in [6.07, 6.45) is 4.56. The third-order valence-electron chi connectivity index (χ3n) is 4.23. The zero-order valence-electron chi connectivity index (χ0n) is 14.1. The Kier molecular flexibility index (Phi) is 4.10. The summed E-state index contributed by atoms with van der Waals surface area (Å²) in [6, 6.07) is 13.7. The predicted octanol–water partition coefficient (Wildman–Crippen LogP) is 3.88. The van der Waals surface area contributed by atoms with Crippen LogP contribution in [0.1, 0.15) is 11.8 Å². The Balaban J connectivity index is 1.62. The van der Waals surface area contributed by atoms with E-state index < -0.39 is 6.23 Å². The van der Waals surface area contributed by atoms with Gasteiger partial charge >= 0.3 is 0 Å². The molecule has 6 heteroatoms. The van der Waals surface area contributed by atoms with E-state index in [1.807, 2.05) is 37.6 Å². The van der Waals surface area contributed by atoms with Crippen molar-refractivity contribution in [1.29, 1.82) is 0 Å². The van der Waals surface area contributed by atoms with Gasteiger partial charge in [-0.15, -0.1) is 0 Å². The lowest BCUT2D eigenvalue weighted by atomic mass is 10.0. The summed E-state index contributed by atoms with van der Waals surface area (Å²) in [5.74, 6) is 0.199. The highest BCUT2D eigenvalue weighted by Crippen LogP contribution is 2.26. The number of nitrogens with one attached hydrogen (secondary N) is 1. The lowest BCUT2D eigenvalue weighted by Gasteiger charge is -2.14. The molecule has 4 rings (SSSR count). The van der Waals surface area contributed by atoms with Crippen LogP contribution in [0.2, 0.25) is 0 Å². The van der Waals surface area contributed by atoms with Crippen molar-refractivity contribution < 1.29 is 9.50 Å². The molecule has 2 N–H and O–H groups in total. The van der Waals surface area contributed by atoms with Crippen LogP contribution in [0.25, 0.3) is 21.9 Å². The summed E-state index contributed by atoms with van der Waals surface area (Å²) in [4.78, 5) is 4.33. The second-order valence-corrected chi connectivity index (χ2v) is 6.13. The molecule has 0 aliphatic carbocycles. The third kappa shape index (κ3) is 3.27. The van der Waals surface area contributed by atoms with Crippen molar-refractivity contribution in [3.63, 3.8) is 0 Å². The van der Waals surface area contributed by atoms with Gasteiger partial charge in [-0.05, 0) is 35.2 Å². The van der Waals surface area contributed by atoms with Crippen molar-refractivity contribution in [2.75, 3.05) is 5.32 Å². The number of halogens is 1. The van der Waals surface area contributed by atoms with Gasteiger partial charge in [0.15, 0.2) is 6.23 Å². The van der Waals surface area contributed by atoms with E-state index in [4.69, 9.17) is 0 Å². The quantitative estimate of drug-likeness (QED) is 0.550. The number of pyridine rings is 1. The first-order valence-electron chi connectivity index (χ1n) is 8.17. The maximum atomic E-state index is 13.0. The zero-order valence-corrected chi connectivity index (χ0v) is 14.1. The first-order chi connectivity index (χ1) is 12.6. The third-order valence-corrected chi connectivity index (χ3v) is 4.23. The average Bonchev–Trinajstić information content (AvgIpc) is 3.08. The summed E-state index contributed by atoms with van der Waals surface area (Å²) >= 11 is 0. The Morgan fingerprint density at radius 2 is 1.81 bits per heavy atom. The molecule has 0 aliphatic rings. The summed E-state index contributed by atoms with van der Waals surface area (Å²) < 4.78 is 14.8. The van der Waals surface area contributed by atoms with Crippen LogP contribution in [-0.2, 0) is 7.05 Å². The van der Waals surface area contributed by atoms with Crippen LogP contribution in [0.3, 0.4) is 0 Å². The highest BCUT2D eigenvalue weighted by atomic mass is 19.1. The second kappa shape index (κ2) is 6.57. The molecule has 0 fully saturated rings. The van der Waals surface area contributed by atoms with E-state index in [2.05, 4.69) is 21.5 Å². The first-order valence-corrected chi connectivity index (χ1v) is 8.17. The van der Waals surface area contributed by atoms with Crippen molar-refractivity contribution in [2.45, 2.75) is 6.23 Å². The molecular formula is C20H17FN4O. The number of aromatic nitrogens is 3. The lowest BCUT2D eigenvalue weighted by Crippen LogP contribution is -2.10. The van der Waals surface area contributed by atoms with E-state index in [9.17, 15) is 9.50 Å². The molecule has 2 aromatic heterocycles. The molecule has 130 valence electrons. The molecule has 1 atom stereocenters. The predicted molar refractivity (Wildman–Crippen MR) is 98.9 cm³/mol. The van der Waals surface area contributed by atoms with Gasteiger partial charge in [0.25, 0.3) is 0 Å². The van der Waals surface area contributed by atoms with Crippen molar-refractivity contribution >= 4 is 16.6 Å². The van der Waals surface area contributed by atoms with Gasteiger partial charge in [-0.1, -0.05) is 24.3 Å². The number of aliphatic hydroxyl groups is 1. The van der Waals surface area contributed by atoms with Crippen LogP contribution in [0.5, 0.6) is 0 Å². The Bertz CT molecular complexity index is 1060. The average molecular weight is 348 g/mol. The normalized spacial score (nSPS) is 12.3. The molecule has 2 aromatic carbocycles. The Hall–Kier alpha value is -3.25. The molecule has 0 bridgehead atoms. The van der Waals surface area contributed by atoms with Gasteiger partial charge in [0.05, 0.1) is 6.20 Å². The van der Waals surface area contributed by atoms with E-state index >= 15 is 0 Å². The monoisotopic (exact) mass is 348 g/mol. The van der Waals surface area contributed by atoms with Crippen molar-refractivity contribution in [3.05, 3.63) is 78.5 Å². The number of hydrogen-bond donors (Lipinski definition) is 2. The topological polar surface area (TPSA) is 63.0 Å². The zero-order chi connectivity index (χ0) is 18.1. The Morgan fingerprint density at radius 1 is 1.00 bits per heavy atom. The maximum Gasteiger partial charge on any atom is 0.151 e. The molecule has 0 saturated heterocycles. The number of aliphatic hydroxyl groups excluding tert-OH is 1. The largest absolute Gasteiger partial charge is 0.369 e. The highest BCUT2D eigenvalue weighted by molar-refractivity contribution is 5.88. The van der Waals surface area contributed by atoms with E-state index in [1.54, 1.807) is 10.9 Å². The minimum Gasteiger partial charge on any atom is -0.369 e. The van der Waals surface area contributed by atoms with Gasteiger partial charge in [-0.3, -0.25) is 4.68 Å². The summed E-state index contributed by atoms with van der Waals surface area (Å²) in [5.41, 5.74) is 2.66. The Morgan fingerprint density at radius 3 is 2.54 bits per heavy atom. The van der Waals surface area contributed by atoms with Crippen molar-refractivity contribution in [1.82, 2.24) is 14.8 Å². The van der Waals surface area contributed by atoms with Crippen LogP contribution in [0.4, 0.5) is 10.2 Å². The van der Waals surface area contributed by atoms with Crippen molar-refractivity contribution in [3.8, 4) is 11.1 Å². The number of nitrogens with zero attached hydrogens (tertiary/aromatic N) is 3. The smallest absolute Gasteiger partial charge is 0.151 e. The van der Waals surface area contributed by atoms with Crippen LogP contribution < -0.4 is 5.32 Å². The SMILES string of the molecule is Cn1cc(-c2ccc3cnc(NC(O)c4ccc(F)cc4)cc3c2)cn1. The summed E-state index contributed by atoms with van der Waals surface area (Å²) in [7, 11) is 1.88. The van der Waals surface area contributed by atoms with Gasteiger partial charge in [-0.2, -0.15) is 5.10 Å². The molecule has 0 aliphatic heterocycles. The lowest BCUT2D eigenvalue weighted by molar-refractivity contribution is 0.207. The van der Waals surface area contributed by atoms with E-state index in [0.29, 0.717) is 11.4 Å². The van der Waals surface area contributed by atoms with Gasteiger partial charge in [0.2, 0.25) is 0 Å². The van der Waals surface area contributed by atoms with Gasteiger partial charge in [-0.25, -0.2) is 9.37 Å². The summed E-state index contributed by atoms with van der Waals surface area (Å²) in [6.45, 7) is 0. The molecule has 4 aromatic rings. The van der Waals surface area contributed by atoms with E-state index in [-0.39, 0.29) is 5.82 Å². The van der Waals surface area contributed by atoms with Gasteiger partial charge in [0.1, 0.15) is 11.6 Å². The number of aryl methyl sites for hydroxylation is 1. The van der Waals surface area contributed by atoms with Crippen molar-refractivity contribution in [2.24, 2.45) is 7.05 Å². The molecule has 2 heterocycles. The molecule has 5 nitrogen and oxygen atoms in total.